The molecule has 352 valence electrons. The highest BCUT2D eigenvalue weighted by molar-refractivity contribution is 5.82. The van der Waals surface area contributed by atoms with Gasteiger partial charge in [0.2, 0.25) is 0 Å². The molecule has 9 aromatic carbocycles. The van der Waals surface area contributed by atoms with Crippen molar-refractivity contribution < 1.29 is 0 Å². The summed E-state index contributed by atoms with van der Waals surface area (Å²) >= 11 is 0. The molecule has 71 heavy (non-hydrogen) atoms. The fourth-order valence-corrected chi connectivity index (χ4v) is 8.89. The van der Waals surface area contributed by atoms with Gasteiger partial charge in [-0.3, -0.25) is 0 Å². The van der Waals surface area contributed by atoms with Gasteiger partial charge in [-0.25, -0.2) is 0 Å². The van der Waals surface area contributed by atoms with E-state index < -0.39 is 0 Å². The third-order valence-electron chi connectivity index (χ3n) is 13.6. The van der Waals surface area contributed by atoms with Gasteiger partial charge in [-0.1, -0.05) is 153 Å². The maximum Gasteiger partial charge on any atom is 0.0464 e. The standard InChI is InChI=1S/C68H65N3/c1-48-10-30-59(31-11-48)69(60-32-12-49(2)13-33-60)61-36-20-54(21-37-61)16-17-55-22-38-62(39-23-55)70(65-44-28-58(29-45-65)68(7,8)9)63-40-24-56(25-41-63)18-19-57-26-42-64(43-27-57)71(66-34-14-50(3)52(5)46-66)67-35-15-51(4)53(6)47-67/h10-47H,1-9H3. The average Bonchev–Trinajstić information content (AvgIpc) is 3.37. The first-order valence-corrected chi connectivity index (χ1v) is 24.8. The van der Waals surface area contributed by atoms with Crippen molar-refractivity contribution in [3.8, 4) is 0 Å². The SMILES string of the molecule is Cc1ccc(N(c2ccc(C)cc2)c2ccc(C=Cc3ccc(N(c4ccc(C=Cc5ccc(N(c6ccc(C)c(C)c6)c6ccc(C)c(C)c6)cc5)cc4)c4ccc(C(C)(C)C)cc4)cc3)cc2)cc1. The first-order valence-electron chi connectivity index (χ1n) is 24.8. The number of rotatable bonds is 13. The lowest BCUT2D eigenvalue weighted by atomic mass is 9.87. The molecule has 0 aliphatic rings. The minimum atomic E-state index is 0.0629. The Hall–Kier alpha value is -8.14. The third-order valence-corrected chi connectivity index (χ3v) is 13.6. The quantitative estimate of drug-likeness (QED) is 0.107. The predicted octanol–water partition coefficient (Wildman–Crippen LogP) is 19.6. The zero-order valence-electron chi connectivity index (χ0n) is 42.8. The Labute approximate surface area is 423 Å². The lowest BCUT2D eigenvalue weighted by Gasteiger charge is -2.27. The monoisotopic (exact) mass is 924 g/mol. The van der Waals surface area contributed by atoms with Gasteiger partial charge in [0.25, 0.3) is 0 Å². The van der Waals surface area contributed by atoms with Crippen molar-refractivity contribution in [2.45, 2.75) is 67.7 Å². The van der Waals surface area contributed by atoms with Crippen LogP contribution >= 0.6 is 0 Å². The second-order valence-corrected chi connectivity index (χ2v) is 20.0. The van der Waals surface area contributed by atoms with E-state index in [2.05, 4.69) is 308 Å². The maximum absolute atomic E-state index is 2.35. The molecule has 0 aliphatic carbocycles. The molecule has 0 bridgehead atoms. The zero-order valence-corrected chi connectivity index (χ0v) is 42.8. The molecule has 0 amide bonds. The number of nitrogens with zero attached hydrogens (tertiary/aromatic N) is 3. The Balaban J connectivity index is 0.935. The van der Waals surface area contributed by atoms with E-state index in [-0.39, 0.29) is 5.41 Å². The average molecular weight is 924 g/mol. The highest BCUT2D eigenvalue weighted by Crippen LogP contribution is 2.39. The molecule has 0 saturated heterocycles. The van der Waals surface area contributed by atoms with E-state index in [0.717, 1.165) is 73.4 Å². The summed E-state index contributed by atoms with van der Waals surface area (Å²) in [6.45, 7) is 19.8. The molecule has 0 atom stereocenters. The topological polar surface area (TPSA) is 9.72 Å². The predicted molar refractivity (Wildman–Crippen MR) is 308 cm³/mol. The van der Waals surface area contributed by atoms with Gasteiger partial charge in [0.15, 0.2) is 0 Å². The summed E-state index contributed by atoms with van der Waals surface area (Å²) in [6.07, 6.45) is 8.78. The Morgan fingerprint density at radius 3 is 0.732 bits per heavy atom. The molecule has 0 saturated carbocycles. The van der Waals surface area contributed by atoms with Crippen LogP contribution in [0.3, 0.4) is 0 Å². The second kappa shape index (κ2) is 20.8. The molecule has 0 unspecified atom stereocenters. The van der Waals surface area contributed by atoms with E-state index >= 15 is 0 Å². The van der Waals surface area contributed by atoms with E-state index in [1.165, 1.54) is 38.9 Å². The van der Waals surface area contributed by atoms with Gasteiger partial charge in [0.1, 0.15) is 0 Å². The van der Waals surface area contributed by atoms with Crippen LogP contribution in [-0.4, -0.2) is 0 Å². The number of anilines is 9. The van der Waals surface area contributed by atoms with Crippen LogP contribution in [0.4, 0.5) is 51.2 Å². The van der Waals surface area contributed by atoms with Gasteiger partial charge >= 0.3 is 0 Å². The van der Waals surface area contributed by atoms with Crippen molar-refractivity contribution in [1.82, 2.24) is 0 Å². The number of hydrogen-bond acceptors (Lipinski definition) is 3. The maximum atomic E-state index is 2.35. The van der Waals surface area contributed by atoms with Crippen LogP contribution in [0.15, 0.2) is 206 Å². The number of hydrogen-bond donors (Lipinski definition) is 0. The van der Waals surface area contributed by atoms with Crippen LogP contribution in [-0.2, 0) is 5.41 Å². The Morgan fingerprint density at radius 2 is 0.479 bits per heavy atom. The Morgan fingerprint density at radius 1 is 0.254 bits per heavy atom. The van der Waals surface area contributed by atoms with Gasteiger partial charge in [-0.2, -0.15) is 0 Å². The molecular formula is C68H65N3. The van der Waals surface area contributed by atoms with Crippen molar-refractivity contribution in [3.63, 3.8) is 0 Å². The third kappa shape index (κ3) is 11.3. The zero-order chi connectivity index (χ0) is 49.6. The first kappa shape index (κ1) is 47.9. The molecule has 0 spiro atoms. The van der Waals surface area contributed by atoms with E-state index in [9.17, 15) is 0 Å². The van der Waals surface area contributed by atoms with Gasteiger partial charge < -0.3 is 14.7 Å². The number of benzene rings is 9. The van der Waals surface area contributed by atoms with Crippen LogP contribution in [0.25, 0.3) is 24.3 Å². The molecule has 0 fully saturated rings. The van der Waals surface area contributed by atoms with Gasteiger partial charge in [-0.05, 0) is 206 Å². The summed E-state index contributed by atoms with van der Waals surface area (Å²) in [5, 5.41) is 0. The highest BCUT2D eigenvalue weighted by atomic mass is 15.2. The normalized spacial score (nSPS) is 11.6. The van der Waals surface area contributed by atoms with Crippen molar-refractivity contribution in [2.75, 3.05) is 14.7 Å². The largest absolute Gasteiger partial charge is 0.311 e. The van der Waals surface area contributed by atoms with E-state index in [1.54, 1.807) is 0 Å². The van der Waals surface area contributed by atoms with Crippen molar-refractivity contribution in [2.24, 2.45) is 0 Å². The lowest BCUT2D eigenvalue weighted by molar-refractivity contribution is 0.590. The van der Waals surface area contributed by atoms with Crippen LogP contribution in [0, 0.1) is 41.5 Å². The Bertz CT molecular complexity index is 3180. The first-order chi connectivity index (χ1) is 34.2. The second-order valence-electron chi connectivity index (χ2n) is 20.0. The van der Waals surface area contributed by atoms with Gasteiger partial charge in [-0.15, -0.1) is 0 Å². The molecule has 3 heteroatoms. The van der Waals surface area contributed by atoms with Crippen molar-refractivity contribution >= 4 is 75.5 Å². The molecule has 0 N–H and O–H groups in total. The summed E-state index contributed by atoms with van der Waals surface area (Å²) < 4.78 is 0. The van der Waals surface area contributed by atoms with E-state index in [4.69, 9.17) is 0 Å². The molecule has 9 aromatic rings. The molecule has 0 heterocycles. The van der Waals surface area contributed by atoms with Gasteiger partial charge in [0.05, 0.1) is 0 Å². The molecule has 9 rings (SSSR count). The highest BCUT2D eigenvalue weighted by Gasteiger charge is 2.18. The van der Waals surface area contributed by atoms with Crippen LogP contribution in [0.5, 0.6) is 0 Å². The van der Waals surface area contributed by atoms with E-state index in [0.29, 0.717) is 0 Å². The fraction of sp³-hybridized carbons (Fsp3) is 0.147. The van der Waals surface area contributed by atoms with Crippen LogP contribution in [0.2, 0.25) is 0 Å². The summed E-state index contributed by atoms with van der Waals surface area (Å²) in [7, 11) is 0. The number of aryl methyl sites for hydroxylation is 6. The van der Waals surface area contributed by atoms with Crippen LogP contribution < -0.4 is 14.7 Å². The minimum absolute atomic E-state index is 0.0629. The van der Waals surface area contributed by atoms with Crippen molar-refractivity contribution in [3.05, 3.63) is 267 Å². The molecule has 0 aromatic heterocycles. The summed E-state index contributed by atoms with van der Waals surface area (Å²) in [5.74, 6) is 0. The summed E-state index contributed by atoms with van der Waals surface area (Å²) in [4.78, 5) is 7.01. The van der Waals surface area contributed by atoms with Crippen LogP contribution in [0.1, 0.15) is 82.0 Å². The summed E-state index contributed by atoms with van der Waals surface area (Å²) in [6, 6.07) is 75.3. The van der Waals surface area contributed by atoms with E-state index in [1.807, 2.05) is 0 Å². The molecule has 3 nitrogen and oxygen atoms in total. The van der Waals surface area contributed by atoms with Crippen molar-refractivity contribution in [1.29, 1.82) is 0 Å². The van der Waals surface area contributed by atoms with Gasteiger partial charge in [0, 0.05) is 51.2 Å². The summed E-state index contributed by atoms with van der Waals surface area (Å²) in [5.41, 5.74) is 23.7. The molecular weight excluding hydrogens is 859 g/mol. The lowest BCUT2D eigenvalue weighted by Crippen LogP contribution is -2.13. The smallest absolute Gasteiger partial charge is 0.0464 e. The molecule has 0 radical (unpaired) electrons. The minimum Gasteiger partial charge on any atom is -0.311 e. The Kier molecular flexibility index (Phi) is 14.1. The molecule has 0 aliphatic heterocycles. The fourth-order valence-electron chi connectivity index (χ4n) is 8.89.